The van der Waals surface area contributed by atoms with E-state index in [1.165, 1.54) is 12.1 Å². The number of rotatable bonds is 3. The summed E-state index contributed by atoms with van der Waals surface area (Å²) in [7, 11) is -3.91. The zero-order valence-corrected chi connectivity index (χ0v) is 13.1. The van der Waals surface area contributed by atoms with Gasteiger partial charge in [-0.05, 0) is 44.0 Å². The van der Waals surface area contributed by atoms with Gasteiger partial charge < -0.3 is 0 Å². The van der Waals surface area contributed by atoms with Gasteiger partial charge in [-0.3, -0.25) is 4.28 Å². The topological polar surface area (TPSA) is 55.7 Å². The summed E-state index contributed by atoms with van der Waals surface area (Å²) in [4.78, 5) is 0.0608. The van der Waals surface area contributed by atoms with E-state index in [0.29, 0.717) is 0 Å². The first kappa shape index (κ1) is 15.8. The Hall–Kier alpha value is -2.58. The van der Waals surface area contributed by atoms with Gasteiger partial charge in [-0.15, -0.1) is 0 Å². The lowest BCUT2D eigenvalue weighted by Crippen LogP contribution is -2.03. The molecule has 5 heteroatoms. The highest BCUT2D eigenvalue weighted by Gasteiger charge is 2.15. The number of oxime groups is 1. The Kier molecular flexibility index (Phi) is 4.97. The lowest BCUT2D eigenvalue weighted by atomic mass is 10.2. The summed E-state index contributed by atoms with van der Waals surface area (Å²) in [6, 6.07) is 15.7. The Labute approximate surface area is 130 Å². The van der Waals surface area contributed by atoms with E-state index in [2.05, 4.69) is 21.3 Å². The van der Waals surface area contributed by atoms with Gasteiger partial charge in [0.25, 0.3) is 0 Å². The van der Waals surface area contributed by atoms with E-state index in [1.807, 2.05) is 37.3 Å². The standard InChI is InChI=1S/C17H15NO3S/c1-14-8-12-17(13-9-14)22(19,20)21-18-15(2)10-11-16-6-4-3-5-7-16/h3-9,12-13H,1-2H3/b18-15+. The minimum absolute atomic E-state index is 0.0608. The maximum absolute atomic E-state index is 11.9. The van der Waals surface area contributed by atoms with Crippen LogP contribution in [-0.2, 0) is 14.4 Å². The minimum Gasteiger partial charge on any atom is -0.264 e. The van der Waals surface area contributed by atoms with Crippen LogP contribution in [0.5, 0.6) is 0 Å². The van der Waals surface area contributed by atoms with Crippen molar-refractivity contribution in [2.45, 2.75) is 18.7 Å². The molecule has 4 nitrogen and oxygen atoms in total. The molecule has 0 unspecified atom stereocenters. The molecule has 0 N–H and O–H groups in total. The van der Waals surface area contributed by atoms with E-state index in [4.69, 9.17) is 0 Å². The zero-order valence-electron chi connectivity index (χ0n) is 12.3. The normalized spacial score (nSPS) is 11.5. The van der Waals surface area contributed by atoms with Crippen LogP contribution in [0.3, 0.4) is 0 Å². The number of benzene rings is 2. The number of aryl methyl sites for hydroxylation is 1. The smallest absolute Gasteiger partial charge is 0.264 e. The van der Waals surface area contributed by atoms with Gasteiger partial charge in [0.2, 0.25) is 0 Å². The molecule has 0 bridgehead atoms. The molecule has 22 heavy (non-hydrogen) atoms. The van der Waals surface area contributed by atoms with Crippen LogP contribution in [0, 0.1) is 18.8 Å². The molecule has 0 saturated carbocycles. The molecule has 0 amide bonds. The van der Waals surface area contributed by atoms with Crippen LogP contribution in [0.2, 0.25) is 0 Å². The van der Waals surface area contributed by atoms with Gasteiger partial charge in [0, 0.05) is 5.56 Å². The molecule has 0 spiro atoms. The van der Waals surface area contributed by atoms with Gasteiger partial charge in [0.15, 0.2) is 0 Å². The van der Waals surface area contributed by atoms with E-state index in [9.17, 15) is 8.42 Å². The van der Waals surface area contributed by atoms with E-state index in [-0.39, 0.29) is 10.6 Å². The third-order valence-electron chi connectivity index (χ3n) is 2.74. The van der Waals surface area contributed by atoms with E-state index >= 15 is 0 Å². The first-order valence-corrected chi connectivity index (χ1v) is 8.00. The van der Waals surface area contributed by atoms with Gasteiger partial charge in [-0.1, -0.05) is 47.0 Å². The molecule has 2 rings (SSSR count). The Bertz CT molecular complexity index is 827. The molecule has 0 aliphatic carbocycles. The molecule has 0 heterocycles. The largest absolute Gasteiger partial charge is 0.358 e. The van der Waals surface area contributed by atoms with Crippen molar-refractivity contribution in [1.82, 2.24) is 0 Å². The Morgan fingerprint density at radius 1 is 1.05 bits per heavy atom. The van der Waals surface area contributed by atoms with Crippen molar-refractivity contribution in [3.05, 3.63) is 65.7 Å². The third kappa shape index (κ3) is 4.47. The van der Waals surface area contributed by atoms with Crippen LogP contribution in [0.15, 0.2) is 64.6 Å². The lowest BCUT2D eigenvalue weighted by molar-refractivity contribution is 0.339. The molecule has 0 aliphatic heterocycles. The third-order valence-corrected chi connectivity index (χ3v) is 3.86. The molecule has 112 valence electrons. The van der Waals surface area contributed by atoms with Crippen LogP contribution >= 0.6 is 0 Å². The van der Waals surface area contributed by atoms with Crippen LogP contribution in [0.4, 0.5) is 0 Å². The van der Waals surface area contributed by atoms with Crippen molar-refractivity contribution in [2.24, 2.45) is 5.16 Å². The second kappa shape index (κ2) is 6.92. The Morgan fingerprint density at radius 3 is 2.32 bits per heavy atom. The number of nitrogens with zero attached hydrogens (tertiary/aromatic N) is 1. The highest BCUT2D eigenvalue weighted by molar-refractivity contribution is 7.86. The molecule has 0 atom stereocenters. The molecular weight excluding hydrogens is 298 g/mol. The predicted octanol–water partition coefficient (Wildman–Crippen LogP) is 3.13. The second-order valence-electron chi connectivity index (χ2n) is 4.63. The van der Waals surface area contributed by atoms with Crippen molar-refractivity contribution >= 4 is 15.8 Å². The van der Waals surface area contributed by atoms with Crippen LogP contribution in [0.1, 0.15) is 18.1 Å². The summed E-state index contributed by atoms with van der Waals surface area (Å²) in [5.74, 6) is 5.61. The molecular formula is C17H15NO3S. The van der Waals surface area contributed by atoms with Gasteiger partial charge >= 0.3 is 10.1 Å². The fourth-order valence-corrected chi connectivity index (χ4v) is 2.33. The summed E-state index contributed by atoms with van der Waals surface area (Å²) in [5, 5.41) is 3.56. The molecule has 0 aliphatic rings. The summed E-state index contributed by atoms with van der Waals surface area (Å²) < 4.78 is 28.6. The first-order chi connectivity index (χ1) is 10.5. The van der Waals surface area contributed by atoms with Gasteiger partial charge in [-0.25, -0.2) is 0 Å². The molecule has 0 aromatic heterocycles. The number of hydrogen-bond acceptors (Lipinski definition) is 4. The Balaban J connectivity index is 2.10. The van der Waals surface area contributed by atoms with Crippen LogP contribution < -0.4 is 0 Å². The van der Waals surface area contributed by atoms with Crippen molar-refractivity contribution in [3.63, 3.8) is 0 Å². The second-order valence-corrected chi connectivity index (χ2v) is 6.16. The Morgan fingerprint density at radius 2 is 1.68 bits per heavy atom. The average Bonchev–Trinajstić information content (AvgIpc) is 2.52. The average molecular weight is 313 g/mol. The molecule has 0 fully saturated rings. The fourth-order valence-electron chi connectivity index (χ4n) is 1.56. The lowest BCUT2D eigenvalue weighted by Gasteiger charge is -2.01. The SMILES string of the molecule is C/C(C#Cc1ccccc1)=N\OS(=O)(=O)c1ccc(C)cc1. The van der Waals surface area contributed by atoms with E-state index in [0.717, 1.165) is 11.1 Å². The fraction of sp³-hybridized carbons (Fsp3) is 0.118. The van der Waals surface area contributed by atoms with Crippen molar-refractivity contribution in [2.75, 3.05) is 0 Å². The van der Waals surface area contributed by atoms with Crippen molar-refractivity contribution in [3.8, 4) is 11.8 Å². The molecule has 0 radical (unpaired) electrons. The predicted molar refractivity (Wildman–Crippen MR) is 85.9 cm³/mol. The van der Waals surface area contributed by atoms with Crippen LogP contribution in [0.25, 0.3) is 0 Å². The maximum atomic E-state index is 11.9. The summed E-state index contributed by atoms with van der Waals surface area (Å²) >= 11 is 0. The molecule has 0 saturated heterocycles. The molecule has 2 aromatic carbocycles. The highest BCUT2D eigenvalue weighted by atomic mass is 32.2. The van der Waals surface area contributed by atoms with E-state index in [1.54, 1.807) is 19.1 Å². The van der Waals surface area contributed by atoms with Gasteiger partial charge in [-0.2, -0.15) is 8.42 Å². The highest BCUT2D eigenvalue weighted by Crippen LogP contribution is 2.13. The summed E-state index contributed by atoms with van der Waals surface area (Å²) in [6.45, 7) is 3.46. The summed E-state index contributed by atoms with van der Waals surface area (Å²) in [6.07, 6.45) is 0. The van der Waals surface area contributed by atoms with E-state index < -0.39 is 10.1 Å². The molecule has 2 aromatic rings. The van der Waals surface area contributed by atoms with Gasteiger partial charge in [0.05, 0.1) is 0 Å². The van der Waals surface area contributed by atoms with Crippen molar-refractivity contribution in [1.29, 1.82) is 0 Å². The van der Waals surface area contributed by atoms with Gasteiger partial charge in [0.1, 0.15) is 10.6 Å². The summed E-state index contributed by atoms with van der Waals surface area (Å²) in [5.41, 5.74) is 2.06. The zero-order chi connectivity index (χ0) is 16.0. The monoisotopic (exact) mass is 313 g/mol. The number of hydrogen-bond donors (Lipinski definition) is 0. The first-order valence-electron chi connectivity index (χ1n) is 6.59. The maximum Gasteiger partial charge on any atom is 0.358 e. The quantitative estimate of drug-likeness (QED) is 0.497. The van der Waals surface area contributed by atoms with Crippen LogP contribution in [-0.4, -0.2) is 14.1 Å². The minimum atomic E-state index is -3.91. The van der Waals surface area contributed by atoms with Crippen molar-refractivity contribution < 1.29 is 12.7 Å².